The Morgan fingerprint density at radius 3 is 2.49 bits per heavy atom. The Hall–Kier alpha value is -3.64. The van der Waals surface area contributed by atoms with Crippen molar-refractivity contribution in [2.45, 2.75) is 32.7 Å². The normalized spacial score (nSPS) is 14.3. The molecule has 1 aliphatic heterocycles. The molecule has 1 amide bonds. The van der Waals surface area contributed by atoms with Crippen molar-refractivity contribution >= 4 is 22.5 Å². The van der Waals surface area contributed by atoms with Crippen LogP contribution in [0, 0.1) is 18.6 Å². The number of hydrogen-bond donors (Lipinski definition) is 1. The van der Waals surface area contributed by atoms with Crippen molar-refractivity contribution < 1.29 is 13.6 Å². The number of amides is 1. The van der Waals surface area contributed by atoms with Crippen LogP contribution in [0.4, 0.5) is 14.5 Å². The molecule has 1 N–H and O–H groups in total. The highest BCUT2D eigenvalue weighted by atomic mass is 19.1. The molecule has 4 nitrogen and oxygen atoms in total. The monoisotopic (exact) mass is 471 g/mol. The van der Waals surface area contributed by atoms with Gasteiger partial charge < -0.3 is 5.32 Å². The van der Waals surface area contributed by atoms with Crippen molar-refractivity contribution in [1.29, 1.82) is 0 Å². The summed E-state index contributed by atoms with van der Waals surface area (Å²) in [6, 6.07) is 15.9. The number of carbonyl (C=O) groups excluding carboxylic acids is 1. The molecule has 0 atom stereocenters. The third-order valence-corrected chi connectivity index (χ3v) is 6.65. The lowest BCUT2D eigenvalue weighted by Gasteiger charge is -2.26. The molecule has 1 saturated heterocycles. The Kier molecular flexibility index (Phi) is 6.55. The summed E-state index contributed by atoms with van der Waals surface area (Å²) >= 11 is 0. The number of rotatable bonds is 5. The minimum absolute atomic E-state index is 0.206. The molecule has 1 aliphatic rings. The summed E-state index contributed by atoms with van der Waals surface area (Å²) in [7, 11) is 0. The number of hydrogen-bond acceptors (Lipinski definition) is 3. The lowest BCUT2D eigenvalue weighted by molar-refractivity contribution is 0.102. The second-order valence-electron chi connectivity index (χ2n) is 9.15. The summed E-state index contributed by atoms with van der Waals surface area (Å²) in [4.78, 5) is 20.0. The standard InChI is InChI=1S/C29H27F2N3O/c1-19-27(12-8-22-15-20(17-32-28(19)22)18-34-13-3-2-4-14-34)33-29(35)23-7-11-25(26(31)16-23)21-5-9-24(30)10-6-21/h5-12,15-17H,2-4,13-14,18H2,1H3,(H,33,35). The van der Waals surface area contributed by atoms with Crippen LogP contribution in [0.3, 0.4) is 0 Å². The largest absolute Gasteiger partial charge is 0.322 e. The van der Waals surface area contributed by atoms with Gasteiger partial charge in [-0.2, -0.15) is 0 Å². The molecule has 0 spiro atoms. The average molecular weight is 472 g/mol. The highest BCUT2D eigenvalue weighted by molar-refractivity contribution is 6.06. The molecular formula is C29H27F2N3O. The quantitative estimate of drug-likeness (QED) is 0.351. The van der Waals surface area contributed by atoms with Gasteiger partial charge in [-0.15, -0.1) is 0 Å². The molecule has 0 unspecified atom stereocenters. The number of carbonyl (C=O) groups is 1. The van der Waals surface area contributed by atoms with Crippen molar-refractivity contribution in [3.63, 3.8) is 0 Å². The molecule has 0 bridgehead atoms. The van der Waals surface area contributed by atoms with E-state index in [1.54, 1.807) is 6.07 Å². The topological polar surface area (TPSA) is 45.2 Å². The number of aromatic nitrogens is 1. The highest BCUT2D eigenvalue weighted by Gasteiger charge is 2.15. The molecule has 4 aromatic rings. The Morgan fingerprint density at radius 1 is 0.971 bits per heavy atom. The molecule has 6 heteroatoms. The van der Waals surface area contributed by atoms with Gasteiger partial charge in [-0.05, 0) is 85.9 Å². The van der Waals surface area contributed by atoms with E-state index in [-0.39, 0.29) is 11.4 Å². The molecule has 2 heterocycles. The van der Waals surface area contributed by atoms with Gasteiger partial charge in [-0.3, -0.25) is 14.7 Å². The number of anilines is 1. The summed E-state index contributed by atoms with van der Waals surface area (Å²) in [6.07, 6.45) is 5.73. The van der Waals surface area contributed by atoms with Crippen molar-refractivity contribution in [3.05, 3.63) is 95.2 Å². The first-order valence-electron chi connectivity index (χ1n) is 12.0. The number of likely N-dealkylation sites (tertiary alicyclic amines) is 1. The van der Waals surface area contributed by atoms with Gasteiger partial charge in [0.25, 0.3) is 5.91 Å². The first kappa shape index (κ1) is 23.1. The van der Waals surface area contributed by atoms with Crippen LogP contribution in [-0.2, 0) is 6.54 Å². The number of piperidine rings is 1. The van der Waals surface area contributed by atoms with E-state index >= 15 is 0 Å². The maximum Gasteiger partial charge on any atom is 0.255 e. The predicted molar refractivity (Wildman–Crippen MR) is 135 cm³/mol. The molecule has 1 aromatic heterocycles. The van der Waals surface area contributed by atoms with E-state index in [0.29, 0.717) is 16.8 Å². The molecular weight excluding hydrogens is 444 g/mol. The van der Waals surface area contributed by atoms with Gasteiger partial charge >= 0.3 is 0 Å². The minimum Gasteiger partial charge on any atom is -0.322 e. The van der Waals surface area contributed by atoms with E-state index in [1.165, 1.54) is 61.2 Å². The van der Waals surface area contributed by atoms with Gasteiger partial charge in [0.15, 0.2) is 0 Å². The van der Waals surface area contributed by atoms with E-state index in [1.807, 2.05) is 25.3 Å². The van der Waals surface area contributed by atoms with Crippen molar-refractivity contribution in [2.24, 2.45) is 0 Å². The van der Waals surface area contributed by atoms with Gasteiger partial charge in [-0.25, -0.2) is 8.78 Å². The highest BCUT2D eigenvalue weighted by Crippen LogP contribution is 2.27. The molecule has 35 heavy (non-hydrogen) atoms. The number of aryl methyl sites for hydroxylation is 1. The third kappa shape index (κ3) is 5.08. The van der Waals surface area contributed by atoms with E-state index in [4.69, 9.17) is 0 Å². The average Bonchev–Trinajstić information content (AvgIpc) is 2.87. The van der Waals surface area contributed by atoms with Gasteiger partial charge in [0.05, 0.1) is 5.52 Å². The third-order valence-electron chi connectivity index (χ3n) is 6.65. The number of halogens is 2. The van der Waals surface area contributed by atoms with Gasteiger partial charge in [-0.1, -0.05) is 30.7 Å². The summed E-state index contributed by atoms with van der Waals surface area (Å²) < 4.78 is 27.9. The van der Waals surface area contributed by atoms with E-state index in [9.17, 15) is 13.6 Å². The Labute approximate surface area is 203 Å². The summed E-state index contributed by atoms with van der Waals surface area (Å²) in [6.45, 7) is 5.09. The predicted octanol–water partition coefficient (Wildman–Crippen LogP) is 6.73. The van der Waals surface area contributed by atoms with Crippen molar-refractivity contribution in [3.8, 4) is 11.1 Å². The summed E-state index contributed by atoms with van der Waals surface area (Å²) in [5, 5.41) is 3.92. The minimum atomic E-state index is -0.539. The Bertz CT molecular complexity index is 1380. The second kappa shape index (κ2) is 9.92. The smallest absolute Gasteiger partial charge is 0.255 e. The molecule has 0 aliphatic carbocycles. The zero-order valence-corrected chi connectivity index (χ0v) is 19.7. The van der Waals surface area contributed by atoms with Crippen molar-refractivity contribution in [1.82, 2.24) is 9.88 Å². The summed E-state index contributed by atoms with van der Waals surface area (Å²) in [5.74, 6) is -1.33. The molecule has 178 valence electrons. The number of pyridine rings is 1. The Balaban J connectivity index is 1.33. The zero-order chi connectivity index (χ0) is 24.4. The fraction of sp³-hybridized carbons (Fsp3) is 0.241. The van der Waals surface area contributed by atoms with Crippen LogP contribution in [0.15, 0.2) is 66.9 Å². The lowest BCUT2D eigenvalue weighted by Crippen LogP contribution is -2.29. The molecule has 0 radical (unpaired) electrons. The number of nitrogens with zero attached hydrogens (tertiary/aromatic N) is 2. The molecule has 3 aromatic carbocycles. The molecule has 1 fully saturated rings. The number of fused-ring (bicyclic) bond motifs is 1. The second-order valence-corrected chi connectivity index (χ2v) is 9.15. The lowest BCUT2D eigenvalue weighted by atomic mass is 10.0. The van der Waals surface area contributed by atoms with Crippen LogP contribution in [0.5, 0.6) is 0 Å². The number of nitrogens with one attached hydrogen (secondary N) is 1. The van der Waals surface area contributed by atoms with Crippen LogP contribution >= 0.6 is 0 Å². The summed E-state index contributed by atoms with van der Waals surface area (Å²) in [5.41, 5.74) is 4.60. The molecule has 0 saturated carbocycles. The van der Waals surface area contributed by atoms with Crippen molar-refractivity contribution in [2.75, 3.05) is 18.4 Å². The molecule has 5 rings (SSSR count). The van der Waals surface area contributed by atoms with Gasteiger partial charge in [0, 0.05) is 34.9 Å². The van der Waals surface area contributed by atoms with Crippen LogP contribution in [0.25, 0.3) is 22.0 Å². The van der Waals surface area contributed by atoms with E-state index in [2.05, 4.69) is 21.3 Å². The maximum atomic E-state index is 14.7. The van der Waals surface area contributed by atoms with Crippen LogP contribution in [-0.4, -0.2) is 28.9 Å². The van der Waals surface area contributed by atoms with Gasteiger partial charge in [0.2, 0.25) is 0 Å². The maximum absolute atomic E-state index is 14.7. The van der Waals surface area contributed by atoms with Crippen LogP contribution in [0.1, 0.15) is 40.7 Å². The van der Waals surface area contributed by atoms with Gasteiger partial charge in [0.1, 0.15) is 11.6 Å². The fourth-order valence-corrected chi connectivity index (χ4v) is 4.71. The zero-order valence-electron chi connectivity index (χ0n) is 19.7. The first-order chi connectivity index (χ1) is 17.0. The van der Waals surface area contributed by atoms with Crippen LogP contribution < -0.4 is 5.32 Å². The van der Waals surface area contributed by atoms with E-state index < -0.39 is 11.7 Å². The first-order valence-corrected chi connectivity index (χ1v) is 12.0. The van der Waals surface area contributed by atoms with Crippen LogP contribution in [0.2, 0.25) is 0 Å². The SMILES string of the molecule is Cc1c(NC(=O)c2ccc(-c3ccc(F)cc3)c(F)c2)ccc2cc(CN3CCCCC3)cnc12. The Morgan fingerprint density at radius 2 is 1.74 bits per heavy atom. The van der Waals surface area contributed by atoms with E-state index in [0.717, 1.165) is 36.1 Å². The number of benzene rings is 3. The fourth-order valence-electron chi connectivity index (χ4n) is 4.71.